The largest absolute Gasteiger partial charge is 0.378 e. The molecule has 0 amide bonds. The molecule has 3 aromatic rings. The van der Waals surface area contributed by atoms with E-state index >= 15 is 0 Å². The van der Waals surface area contributed by atoms with Crippen molar-refractivity contribution in [1.29, 1.82) is 0 Å². The van der Waals surface area contributed by atoms with E-state index in [-0.39, 0.29) is 0 Å². The number of nitrogens with zero attached hydrogens (tertiary/aromatic N) is 2. The zero-order valence-electron chi connectivity index (χ0n) is 12.7. The molecule has 2 aromatic heterocycles. The molecule has 1 aromatic carbocycles. The first-order valence-electron chi connectivity index (χ1n) is 7.87. The highest BCUT2D eigenvalue weighted by atomic mass is 16.3. The van der Waals surface area contributed by atoms with Gasteiger partial charge in [-0.05, 0) is 55.5 Å². The van der Waals surface area contributed by atoms with Crippen molar-refractivity contribution >= 4 is 10.9 Å². The summed E-state index contributed by atoms with van der Waals surface area (Å²) in [5.74, 6) is 6.20. The summed E-state index contributed by atoms with van der Waals surface area (Å²) in [4.78, 5) is 4.42. The molecule has 2 heterocycles. The molecule has 0 atom stereocenters. The number of H-pyrrole nitrogens is 1. The quantitative estimate of drug-likeness (QED) is 0.678. The fourth-order valence-corrected chi connectivity index (χ4v) is 3.15. The summed E-state index contributed by atoms with van der Waals surface area (Å²) in [6.07, 6.45) is 9.12. The van der Waals surface area contributed by atoms with Gasteiger partial charge in [0.2, 0.25) is 0 Å². The number of aromatic nitrogens is 3. The first-order valence-corrected chi connectivity index (χ1v) is 7.87. The predicted octanol–water partition coefficient (Wildman–Crippen LogP) is 3.28. The molecule has 1 saturated carbocycles. The van der Waals surface area contributed by atoms with Crippen molar-refractivity contribution < 1.29 is 5.11 Å². The van der Waals surface area contributed by atoms with Gasteiger partial charge in [0.1, 0.15) is 5.60 Å². The van der Waals surface area contributed by atoms with Crippen molar-refractivity contribution in [2.75, 3.05) is 0 Å². The van der Waals surface area contributed by atoms with Crippen LogP contribution in [0.1, 0.15) is 31.2 Å². The van der Waals surface area contributed by atoms with Crippen LogP contribution in [0.4, 0.5) is 0 Å². The Kier molecular flexibility index (Phi) is 3.36. The smallest absolute Gasteiger partial charge is 0.125 e. The van der Waals surface area contributed by atoms with Crippen molar-refractivity contribution in [2.24, 2.45) is 0 Å². The Balaban J connectivity index is 1.78. The molecule has 0 radical (unpaired) electrons. The molecule has 4 rings (SSSR count). The summed E-state index contributed by atoms with van der Waals surface area (Å²) in [6, 6.07) is 7.95. The van der Waals surface area contributed by atoms with Gasteiger partial charge in [-0.3, -0.25) is 10.1 Å². The number of hydrogen-bond acceptors (Lipinski definition) is 3. The normalized spacial score (nSPS) is 16.2. The molecule has 2 N–H and O–H groups in total. The minimum atomic E-state index is -0.808. The molecule has 0 bridgehead atoms. The number of fused-ring (bicyclic) bond motifs is 1. The fraction of sp³-hybridized carbons (Fsp3) is 0.263. The number of rotatable bonds is 1. The van der Waals surface area contributed by atoms with Gasteiger partial charge in [0.15, 0.2) is 0 Å². The van der Waals surface area contributed by atoms with Gasteiger partial charge < -0.3 is 5.11 Å². The van der Waals surface area contributed by atoms with E-state index in [2.05, 4.69) is 27.0 Å². The lowest BCUT2D eigenvalue weighted by Gasteiger charge is -2.12. The molecule has 4 nitrogen and oxygen atoms in total. The molecule has 1 aliphatic rings. The summed E-state index contributed by atoms with van der Waals surface area (Å²) in [6.45, 7) is 0. The van der Waals surface area contributed by atoms with Crippen LogP contribution in [0.5, 0.6) is 0 Å². The van der Waals surface area contributed by atoms with Gasteiger partial charge in [0.05, 0.1) is 11.7 Å². The molecule has 0 aliphatic heterocycles. The van der Waals surface area contributed by atoms with Gasteiger partial charge in [0, 0.05) is 28.9 Å². The molecule has 4 heteroatoms. The van der Waals surface area contributed by atoms with Gasteiger partial charge in [-0.1, -0.05) is 11.8 Å². The van der Waals surface area contributed by atoms with E-state index in [4.69, 9.17) is 0 Å². The summed E-state index contributed by atoms with van der Waals surface area (Å²) >= 11 is 0. The summed E-state index contributed by atoms with van der Waals surface area (Å²) < 4.78 is 0. The molecule has 0 spiro atoms. The first-order chi connectivity index (χ1) is 11.2. The number of benzene rings is 1. The Morgan fingerprint density at radius 3 is 2.83 bits per heavy atom. The maximum Gasteiger partial charge on any atom is 0.125 e. The molecular formula is C19H17N3O. The van der Waals surface area contributed by atoms with E-state index in [0.29, 0.717) is 0 Å². The molecular weight excluding hydrogens is 286 g/mol. The van der Waals surface area contributed by atoms with Gasteiger partial charge in [-0.25, -0.2) is 0 Å². The van der Waals surface area contributed by atoms with Crippen LogP contribution in [0, 0.1) is 11.8 Å². The van der Waals surface area contributed by atoms with Crippen molar-refractivity contribution in [2.45, 2.75) is 31.3 Å². The minimum Gasteiger partial charge on any atom is -0.378 e. The zero-order chi connectivity index (χ0) is 15.7. The van der Waals surface area contributed by atoms with Crippen LogP contribution in [0.15, 0.2) is 42.9 Å². The summed E-state index contributed by atoms with van der Waals surface area (Å²) in [5.41, 5.74) is 3.12. The highest BCUT2D eigenvalue weighted by molar-refractivity contribution is 5.94. The van der Waals surface area contributed by atoms with E-state index in [0.717, 1.165) is 53.3 Å². The molecule has 0 unspecified atom stereocenters. The van der Waals surface area contributed by atoms with Gasteiger partial charge in [0.25, 0.3) is 0 Å². The van der Waals surface area contributed by atoms with Gasteiger partial charge in [-0.2, -0.15) is 5.10 Å². The molecule has 114 valence electrons. The minimum absolute atomic E-state index is 0.773. The van der Waals surface area contributed by atoms with Crippen LogP contribution in [-0.4, -0.2) is 25.9 Å². The number of pyridine rings is 1. The van der Waals surface area contributed by atoms with Crippen LogP contribution in [-0.2, 0) is 0 Å². The van der Waals surface area contributed by atoms with Crippen molar-refractivity contribution in [3.05, 3.63) is 48.4 Å². The van der Waals surface area contributed by atoms with Crippen LogP contribution in [0.3, 0.4) is 0 Å². The van der Waals surface area contributed by atoms with E-state index < -0.39 is 5.60 Å². The topological polar surface area (TPSA) is 61.8 Å². The van der Waals surface area contributed by atoms with Crippen molar-refractivity contribution in [1.82, 2.24) is 15.2 Å². The molecule has 0 saturated heterocycles. The number of aromatic amines is 1. The Hall–Kier alpha value is -2.64. The lowest BCUT2D eigenvalue weighted by atomic mass is 10.0. The highest BCUT2D eigenvalue weighted by Gasteiger charge is 2.28. The summed E-state index contributed by atoms with van der Waals surface area (Å²) in [5, 5.41) is 18.3. The van der Waals surface area contributed by atoms with E-state index in [1.807, 2.05) is 30.5 Å². The van der Waals surface area contributed by atoms with Crippen molar-refractivity contribution in [3.8, 4) is 23.0 Å². The van der Waals surface area contributed by atoms with Crippen molar-refractivity contribution in [3.63, 3.8) is 0 Å². The monoisotopic (exact) mass is 303 g/mol. The Morgan fingerprint density at radius 1 is 1.17 bits per heavy atom. The second kappa shape index (κ2) is 5.53. The van der Waals surface area contributed by atoms with Crippen LogP contribution in [0.2, 0.25) is 0 Å². The third kappa shape index (κ3) is 2.71. The Bertz CT molecular complexity index is 897. The lowest BCUT2D eigenvalue weighted by Crippen LogP contribution is -2.20. The fourth-order valence-electron chi connectivity index (χ4n) is 3.15. The second-order valence-corrected chi connectivity index (χ2v) is 6.07. The first kappa shape index (κ1) is 14.0. The maximum absolute atomic E-state index is 10.4. The van der Waals surface area contributed by atoms with Crippen LogP contribution in [0.25, 0.3) is 22.0 Å². The third-order valence-electron chi connectivity index (χ3n) is 4.42. The average molecular weight is 303 g/mol. The number of aliphatic hydroxyl groups is 1. The highest BCUT2D eigenvalue weighted by Crippen LogP contribution is 2.29. The SMILES string of the molecule is OC1(C#Cc2ccc3nccc(-c4cn[nH]c4)c3c2)CCCC1. The lowest BCUT2D eigenvalue weighted by molar-refractivity contribution is 0.110. The number of nitrogens with one attached hydrogen (secondary N) is 1. The zero-order valence-corrected chi connectivity index (χ0v) is 12.7. The molecule has 1 aliphatic carbocycles. The second-order valence-electron chi connectivity index (χ2n) is 6.07. The van der Waals surface area contributed by atoms with Crippen LogP contribution >= 0.6 is 0 Å². The van der Waals surface area contributed by atoms with Crippen LogP contribution < -0.4 is 0 Å². The van der Waals surface area contributed by atoms with Gasteiger partial charge in [-0.15, -0.1) is 0 Å². The molecule has 1 fully saturated rings. The van der Waals surface area contributed by atoms with E-state index in [9.17, 15) is 5.11 Å². The Morgan fingerprint density at radius 2 is 2.04 bits per heavy atom. The summed E-state index contributed by atoms with van der Waals surface area (Å²) in [7, 11) is 0. The Labute approximate surface area is 134 Å². The van der Waals surface area contributed by atoms with Gasteiger partial charge >= 0.3 is 0 Å². The third-order valence-corrected chi connectivity index (χ3v) is 4.42. The maximum atomic E-state index is 10.4. The van der Waals surface area contributed by atoms with E-state index in [1.165, 1.54) is 0 Å². The average Bonchev–Trinajstić information content (AvgIpc) is 3.24. The standard InChI is InChI=1S/C19H17N3O/c23-19(7-1-2-8-19)9-5-14-3-4-18-17(11-14)16(6-10-20-18)15-12-21-22-13-15/h3-4,6,10-13,23H,1-2,7-8H2,(H,21,22). The number of hydrogen-bond donors (Lipinski definition) is 2. The molecule has 23 heavy (non-hydrogen) atoms. The predicted molar refractivity (Wildman–Crippen MR) is 89.6 cm³/mol. The van der Waals surface area contributed by atoms with E-state index in [1.54, 1.807) is 12.4 Å².